The SMILES string of the molecule is CCc1nn2c(=O)cc(COC(=O)[C@H]3COc4ccccc4O3)nc2s1. The Morgan fingerprint density at radius 3 is 3.00 bits per heavy atom. The van der Waals surface area contributed by atoms with Crippen molar-refractivity contribution in [3.05, 3.63) is 51.4 Å². The lowest BCUT2D eigenvalue weighted by Gasteiger charge is -2.24. The van der Waals surface area contributed by atoms with Crippen molar-refractivity contribution in [2.24, 2.45) is 0 Å². The molecule has 26 heavy (non-hydrogen) atoms. The summed E-state index contributed by atoms with van der Waals surface area (Å²) in [5.74, 6) is 0.518. The molecule has 1 aromatic carbocycles. The van der Waals surface area contributed by atoms with Crippen LogP contribution in [-0.2, 0) is 22.6 Å². The van der Waals surface area contributed by atoms with Gasteiger partial charge in [0.2, 0.25) is 11.1 Å². The summed E-state index contributed by atoms with van der Waals surface area (Å²) >= 11 is 1.34. The summed E-state index contributed by atoms with van der Waals surface area (Å²) in [6, 6.07) is 8.42. The fraction of sp³-hybridized carbons (Fsp3) is 0.294. The van der Waals surface area contributed by atoms with Crippen LogP contribution in [-0.4, -0.2) is 33.3 Å². The van der Waals surface area contributed by atoms with Crippen LogP contribution in [0.3, 0.4) is 0 Å². The summed E-state index contributed by atoms with van der Waals surface area (Å²) in [5.41, 5.74) is 0.0648. The highest BCUT2D eigenvalue weighted by Crippen LogP contribution is 2.31. The Morgan fingerprint density at radius 1 is 1.38 bits per heavy atom. The normalized spacial score (nSPS) is 15.8. The van der Waals surface area contributed by atoms with Gasteiger partial charge >= 0.3 is 5.97 Å². The van der Waals surface area contributed by atoms with Gasteiger partial charge in [-0.25, -0.2) is 9.78 Å². The first-order valence-electron chi connectivity index (χ1n) is 8.08. The molecule has 9 heteroatoms. The van der Waals surface area contributed by atoms with Gasteiger partial charge in [-0.05, 0) is 18.6 Å². The Kier molecular flexibility index (Phi) is 4.29. The molecular formula is C17H15N3O5S. The standard InChI is InChI=1S/C17H15N3O5S/c1-2-14-19-20-15(21)7-10(18-17(20)26-14)8-24-16(22)13-9-23-11-5-3-4-6-12(11)25-13/h3-7,13H,2,8-9H2,1H3/t13-/m1/s1. The molecule has 134 valence electrons. The molecule has 0 fully saturated rings. The van der Waals surface area contributed by atoms with Crippen molar-refractivity contribution in [2.45, 2.75) is 26.1 Å². The molecule has 3 aromatic rings. The summed E-state index contributed by atoms with van der Waals surface area (Å²) in [4.78, 5) is 29.1. The quantitative estimate of drug-likeness (QED) is 0.641. The second-order valence-electron chi connectivity index (χ2n) is 5.60. The van der Waals surface area contributed by atoms with Gasteiger partial charge in [0.15, 0.2) is 11.5 Å². The van der Waals surface area contributed by atoms with Crippen LogP contribution >= 0.6 is 11.3 Å². The van der Waals surface area contributed by atoms with Crippen molar-refractivity contribution < 1.29 is 19.0 Å². The molecule has 0 spiro atoms. The average molecular weight is 373 g/mol. The van der Waals surface area contributed by atoms with E-state index in [4.69, 9.17) is 14.2 Å². The van der Waals surface area contributed by atoms with Crippen molar-refractivity contribution in [1.82, 2.24) is 14.6 Å². The zero-order valence-corrected chi connectivity index (χ0v) is 14.7. The summed E-state index contributed by atoms with van der Waals surface area (Å²) < 4.78 is 17.6. The Morgan fingerprint density at radius 2 is 2.19 bits per heavy atom. The molecule has 1 aliphatic rings. The number of hydrogen-bond donors (Lipinski definition) is 0. The van der Waals surface area contributed by atoms with Crippen LogP contribution in [0.25, 0.3) is 4.96 Å². The Labute approximate surface area is 152 Å². The van der Waals surface area contributed by atoms with Gasteiger partial charge in [0, 0.05) is 6.07 Å². The molecule has 0 bridgehead atoms. The molecule has 0 radical (unpaired) electrons. The van der Waals surface area contributed by atoms with Crippen LogP contribution in [0.1, 0.15) is 17.6 Å². The number of fused-ring (bicyclic) bond motifs is 2. The Bertz CT molecular complexity index is 1030. The third kappa shape index (κ3) is 3.13. The lowest BCUT2D eigenvalue weighted by Crippen LogP contribution is -2.37. The van der Waals surface area contributed by atoms with Gasteiger partial charge in [0.1, 0.15) is 18.2 Å². The van der Waals surface area contributed by atoms with E-state index in [0.717, 1.165) is 11.4 Å². The smallest absolute Gasteiger partial charge is 0.351 e. The van der Waals surface area contributed by atoms with E-state index >= 15 is 0 Å². The number of ether oxygens (including phenoxy) is 3. The fourth-order valence-electron chi connectivity index (χ4n) is 2.49. The molecule has 0 saturated carbocycles. The summed E-state index contributed by atoms with van der Waals surface area (Å²) in [7, 11) is 0. The third-order valence-electron chi connectivity index (χ3n) is 3.78. The predicted octanol–water partition coefficient (Wildman–Crippen LogP) is 1.60. The zero-order valence-electron chi connectivity index (χ0n) is 13.9. The largest absolute Gasteiger partial charge is 0.485 e. The van der Waals surface area contributed by atoms with E-state index in [0.29, 0.717) is 22.2 Å². The number of carbonyl (C=O) groups is 1. The maximum absolute atomic E-state index is 12.2. The number of hydrogen-bond acceptors (Lipinski definition) is 8. The minimum atomic E-state index is -0.857. The lowest BCUT2D eigenvalue weighted by atomic mass is 10.2. The van der Waals surface area contributed by atoms with Crippen LogP contribution in [0.2, 0.25) is 0 Å². The highest BCUT2D eigenvalue weighted by Gasteiger charge is 2.28. The van der Waals surface area contributed by atoms with Crippen molar-refractivity contribution >= 4 is 22.3 Å². The van der Waals surface area contributed by atoms with E-state index in [1.54, 1.807) is 18.2 Å². The molecule has 0 saturated heterocycles. The van der Waals surface area contributed by atoms with E-state index in [1.807, 2.05) is 13.0 Å². The van der Waals surface area contributed by atoms with Gasteiger partial charge in [0.25, 0.3) is 5.56 Å². The number of aryl methyl sites for hydroxylation is 1. The average Bonchev–Trinajstić information content (AvgIpc) is 3.09. The first-order chi connectivity index (χ1) is 12.6. The molecule has 2 aromatic heterocycles. The molecule has 3 heterocycles. The maximum atomic E-state index is 12.2. The number of nitrogens with zero attached hydrogens (tertiary/aromatic N) is 3. The van der Waals surface area contributed by atoms with Crippen LogP contribution < -0.4 is 15.0 Å². The van der Waals surface area contributed by atoms with Crippen LogP contribution in [0, 0.1) is 0 Å². The van der Waals surface area contributed by atoms with Gasteiger partial charge in [-0.3, -0.25) is 4.79 Å². The molecule has 0 amide bonds. The minimum absolute atomic E-state index is 0.0691. The number of carbonyl (C=O) groups excluding carboxylic acids is 1. The number of benzene rings is 1. The van der Waals surface area contributed by atoms with Gasteiger partial charge < -0.3 is 14.2 Å². The Balaban J connectivity index is 1.45. The van der Waals surface area contributed by atoms with Crippen molar-refractivity contribution in [3.63, 3.8) is 0 Å². The summed E-state index contributed by atoms with van der Waals surface area (Å²) in [6.45, 7) is 1.90. The third-order valence-corrected chi connectivity index (χ3v) is 4.83. The maximum Gasteiger partial charge on any atom is 0.351 e. The molecule has 4 rings (SSSR count). The number of aromatic nitrogens is 3. The van der Waals surface area contributed by atoms with E-state index < -0.39 is 12.1 Å². The zero-order chi connectivity index (χ0) is 18.1. The van der Waals surface area contributed by atoms with Crippen LogP contribution in [0.5, 0.6) is 11.5 Å². The van der Waals surface area contributed by atoms with Gasteiger partial charge in [-0.1, -0.05) is 30.4 Å². The number of rotatable bonds is 4. The molecular weight excluding hydrogens is 358 g/mol. The first-order valence-corrected chi connectivity index (χ1v) is 8.89. The first kappa shape index (κ1) is 16.5. The highest BCUT2D eigenvalue weighted by molar-refractivity contribution is 7.16. The van der Waals surface area contributed by atoms with E-state index in [2.05, 4.69) is 10.1 Å². The molecule has 0 N–H and O–H groups in total. The predicted molar refractivity (Wildman–Crippen MR) is 92.7 cm³/mol. The molecule has 8 nitrogen and oxygen atoms in total. The minimum Gasteiger partial charge on any atom is -0.485 e. The van der Waals surface area contributed by atoms with E-state index in [1.165, 1.54) is 21.9 Å². The summed E-state index contributed by atoms with van der Waals surface area (Å²) in [5, 5.41) is 4.99. The second kappa shape index (κ2) is 6.75. The van der Waals surface area contributed by atoms with Crippen molar-refractivity contribution in [2.75, 3.05) is 6.61 Å². The van der Waals surface area contributed by atoms with Crippen LogP contribution in [0.15, 0.2) is 35.1 Å². The van der Waals surface area contributed by atoms with Gasteiger partial charge in [0.05, 0.1) is 5.69 Å². The fourth-order valence-corrected chi connectivity index (χ4v) is 3.34. The van der Waals surface area contributed by atoms with E-state index in [-0.39, 0.29) is 18.8 Å². The molecule has 0 unspecified atom stereocenters. The van der Waals surface area contributed by atoms with E-state index in [9.17, 15) is 9.59 Å². The monoisotopic (exact) mass is 373 g/mol. The van der Waals surface area contributed by atoms with Crippen molar-refractivity contribution in [1.29, 1.82) is 0 Å². The Hall–Kier alpha value is -2.94. The summed E-state index contributed by atoms with van der Waals surface area (Å²) in [6.07, 6.45) is -0.136. The molecule has 1 aliphatic heterocycles. The van der Waals surface area contributed by atoms with Crippen LogP contribution in [0.4, 0.5) is 0 Å². The molecule has 0 aliphatic carbocycles. The van der Waals surface area contributed by atoms with Gasteiger partial charge in [-0.15, -0.1) is 0 Å². The number of para-hydroxylation sites is 2. The lowest BCUT2D eigenvalue weighted by molar-refractivity contribution is -0.156. The second-order valence-corrected chi connectivity index (χ2v) is 6.64. The topological polar surface area (TPSA) is 92.0 Å². The number of esters is 1. The van der Waals surface area contributed by atoms with Gasteiger partial charge in [-0.2, -0.15) is 9.61 Å². The highest BCUT2D eigenvalue weighted by atomic mass is 32.1. The molecule has 1 atom stereocenters. The van der Waals surface area contributed by atoms with Crippen molar-refractivity contribution in [3.8, 4) is 11.5 Å².